The Morgan fingerprint density at radius 2 is 2.31 bits per heavy atom. The molecule has 0 spiro atoms. The predicted octanol–water partition coefficient (Wildman–Crippen LogP) is 1.98. The van der Waals surface area contributed by atoms with Crippen molar-refractivity contribution in [3.05, 3.63) is 23.2 Å². The zero-order chi connectivity index (χ0) is 9.68. The molecule has 3 N–H and O–H groups in total. The van der Waals surface area contributed by atoms with Crippen molar-refractivity contribution in [1.29, 1.82) is 0 Å². The number of nitrogen functional groups attached to an aromatic ring is 1. The summed E-state index contributed by atoms with van der Waals surface area (Å²) < 4.78 is 4.90. The van der Waals surface area contributed by atoms with Gasteiger partial charge >= 0.3 is 0 Å². The van der Waals surface area contributed by atoms with E-state index < -0.39 is 0 Å². The molecule has 0 aromatic heterocycles. The molecule has 0 atom stereocenters. The van der Waals surface area contributed by atoms with E-state index in [1.807, 2.05) is 12.1 Å². The van der Waals surface area contributed by atoms with Gasteiger partial charge in [0, 0.05) is 13.7 Å². The van der Waals surface area contributed by atoms with Crippen LogP contribution in [-0.4, -0.2) is 20.3 Å². The molecule has 1 aromatic carbocycles. The number of anilines is 2. The Hall–Kier alpha value is -0.930. The number of halogens is 1. The average molecular weight is 201 g/mol. The summed E-state index contributed by atoms with van der Waals surface area (Å²) in [4.78, 5) is 0. The van der Waals surface area contributed by atoms with Gasteiger partial charge in [-0.2, -0.15) is 0 Å². The van der Waals surface area contributed by atoms with Crippen LogP contribution in [0.2, 0.25) is 5.02 Å². The lowest BCUT2D eigenvalue weighted by molar-refractivity contribution is 0.211. The van der Waals surface area contributed by atoms with Crippen LogP contribution in [0.4, 0.5) is 11.4 Å². The maximum Gasteiger partial charge on any atom is 0.0739 e. The van der Waals surface area contributed by atoms with Crippen LogP contribution in [0.5, 0.6) is 0 Å². The fourth-order valence-corrected chi connectivity index (χ4v) is 1.15. The number of methoxy groups -OCH3 is 1. The second-order valence-corrected chi connectivity index (χ2v) is 3.03. The second-order valence-electron chi connectivity index (χ2n) is 2.62. The van der Waals surface area contributed by atoms with Crippen LogP contribution in [0.15, 0.2) is 18.2 Å². The molecule has 0 aliphatic carbocycles. The maximum absolute atomic E-state index is 5.83. The van der Waals surface area contributed by atoms with Gasteiger partial charge in [-0.15, -0.1) is 0 Å². The minimum absolute atomic E-state index is 0.572. The summed E-state index contributed by atoms with van der Waals surface area (Å²) in [5.41, 5.74) is 7.16. The van der Waals surface area contributed by atoms with Gasteiger partial charge < -0.3 is 15.8 Å². The number of hydrogen-bond acceptors (Lipinski definition) is 3. The normalized spacial score (nSPS) is 10.0. The summed E-state index contributed by atoms with van der Waals surface area (Å²) in [7, 11) is 1.66. The van der Waals surface area contributed by atoms with Crippen molar-refractivity contribution in [3.63, 3.8) is 0 Å². The summed E-state index contributed by atoms with van der Waals surface area (Å²) in [5.74, 6) is 0. The molecular weight excluding hydrogens is 188 g/mol. The van der Waals surface area contributed by atoms with Crippen molar-refractivity contribution in [3.8, 4) is 0 Å². The standard InChI is InChI=1S/C9H13ClN2O/c1-13-6-5-12-8-4-2-3-7(10)9(8)11/h2-4,12H,5-6,11H2,1H3. The van der Waals surface area contributed by atoms with Crippen molar-refractivity contribution >= 4 is 23.0 Å². The minimum atomic E-state index is 0.572. The highest BCUT2D eigenvalue weighted by Crippen LogP contribution is 2.26. The third kappa shape index (κ3) is 2.79. The number of hydrogen-bond donors (Lipinski definition) is 2. The number of nitrogens with one attached hydrogen (secondary N) is 1. The van der Waals surface area contributed by atoms with Crippen LogP contribution < -0.4 is 11.1 Å². The van der Waals surface area contributed by atoms with E-state index in [9.17, 15) is 0 Å². The molecule has 3 nitrogen and oxygen atoms in total. The minimum Gasteiger partial charge on any atom is -0.396 e. The lowest BCUT2D eigenvalue weighted by Crippen LogP contribution is -2.09. The molecule has 0 radical (unpaired) electrons. The quantitative estimate of drug-likeness (QED) is 0.577. The monoisotopic (exact) mass is 200 g/mol. The van der Waals surface area contributed by atoms with E-state index in [1.54, 1.807) is 13.2 Å². The second kappa shape index (κ2) is 4.94. The molecule has 0 aliphatic rings. The first-order chi connectivity index (χ1) is 6.25. The Balaban J connectivity index is 2.61. The van der Waals surface area contributed by atoms with Crippen LogP contribution >= 0.6 is 11.6 Å². The van der Waals surface area contributed by atoms with Gasteiger partial charge in [-0.1, -0.05) is 17.7 Å². The van der Waals surface area contributed by atoms with Gasteiger partial charge in [-0.3, -0.25) is 0 Å². The number of rotatable bonds is 4. The number of ether oxygens (including phenoxy) is 1. The van der Waals surface area contributed by atoms with E-state index >= 15 is 0 Å². The first kappa shape index (κ1) is 10.2. The Morgan fingerprint density at radius 1 is 1.54 bits per heavy atom. The first-order valence-electron chi connectivity index (χ1n) is 4.02. The average Bonchev–Trinajstić information content (AvgIpc) is 2.13. The van der Waals surface area contributed by atoms with E-state index in [0.717, 1.165) is 12.2 Å². The lowest BCUT2D eigenvalue weighted by Gasteiger charge is -2.09. The van der Waals surface area contributed by atoms with Crippen LogP contribution in [-0.2, 0) is 4.74 Å². The Kier molecular flexibility index (Phi) is 3.86. The predicted molar refractivity (Wildman–Crippen MR) is 56.2 cm³/mol. The maximum atomic E-state index is 5.83. The van der Waals surface area contributed by atoms with Gasteiger partial charge in [0.25, 0.3) is 0 Å². The van der Waals surface area contributed by atoms with Crippen molar-refractivity contribution in [2.24, 2.45) is 0 Å². The molecule has 72 valence electrons. The molecule has 0 aliphatic heterocycles. The van der Waals surface area contributed by atoms with Gasteiger partial charge in [-0.25, -0.2) is 0 Å². The topological polar surface area (TPSA) is 47.3 Å². The molecule has 0 fully saturated rings. The summed E-state index contributed by atoms with van der Waals surface area (Å²) in [6.45, 7) is 1.37. The van der Waals surface area contributed by atoms with Gasteiger partial charge in [0.2, 0.25) is 0 Å². The van der Waals surface area contributed by atoms with Gasteiger partial charge in [0.15, 0.2) is 0 Å². The fraction of sp³-hybridized carbons (Fsp3) is 0.333. The number of para-hydroxylation sites is 1. The Morgan fingerprint density at radius 3 is 3.00 bits per heavy atom. The molecule has 0 saturated heterocycles. The van der Waals surface area contributed by atoms with E-state index in [1.165, 1.54) is 0 Å². The van der Waals surface area contributed by atoms with E-state index in [-0.39, 0.29) is 0 Å². The number of nitrogens with two attached hydrogens (primary N) is 1. The highest BCUT2D eigenvalue weighted by Gasteiger charge is 2.00. The molecule has 0 saturated carbocycles. The molecule has 0 bridgehead atoms. The van der Waals surface area contributed by atoms with Crippen molar-refractivity contribution in [2.75, 3.05) is 31.3 Å². The van der Waals surface area contributed by atoms with Crippen LogP contribution in [0.25, 0.3) is 0 Å². The summed E-state index contributed by atoms with van der Waals surface area (Å²) in [6, 6.07) is 5.50. The molecule has 0 unspecified atom stereocenters. The van der Waals surface area contributed by atoms with Gasteiger partial charge in [0.05, 0.1) is 23.0 Å². The fourth-order valence-electron chi connectivity index (χ4n) is 0.979. The molecule has 4 heteroatoms. The van der Waals surface area contributed by atoms with Crippen molar-refractivity contribution in [1.82, 2.24) is 0 Å². The third-order valence-corrected chi connectivity index (χ3v) is 2.00. The highest BCUT2D eigenvalue weighted by atomic mass is 35.5. The highest BCUT2D eigenvalue weighted by molar-refractivity contribution is 6.33. The van der Waals surface area contributed by atoms with Crippen molar-refractivity contribution < 1.29 is 4.74 Å². The summed E-state index contributed by atoms with van der Waals surface area (Å²) in [5, 5.41) is 3.69. The summed E-state index contributed by atoms with van der Waals surface area (Å²) in [6.07, 6.45) is 0. The Bertz CT molecular complexity index is 278. The smallest absolute Gasteiger partial charge is 0.0739 e. The molecule has 1 rings (SSSR count). The third-order valence-electron chi connectivity index (χ3n) is 1.67. The molecule has 0 amide bonds. The summed E-state index contributed by atoms with van der Waals surface area (Å²) >= 11 is 5.83. The van der Waals surface area contributed by atoms with Crippen LogP contribution in [0.1, 0.15) is 0 Å². The van der Waals surface area contributed by atoms with Gasteiger partial charge in [-0.05, 0) is 12.1 Å². The van der Waals surface area contributed by atoms with Crippen molar-refractivity contribution in [2.45, 2.75) is 0 Å². The molecule has 0 heterocycles. The molecule has 13 heavy (non-hydrogen) atoms. The van der Waals surface area contributed by atoms with E-state index in [2.05, 4.69) is 5.32 Å². The van der Waals surface area contributed by atoms with E-state index in [0.29, 0.717) is 17.3 Å². The van der Waals surface area contributed by atoms with Crippen LogP contribution in [0.3, 0.4) is 0 Å². The van der Waals surface area contributed by atoms with Gasteiger partial charge in [0.1, 0.15) is 0 Å². The SMILES string of the molecule is COCCNc1cccc(Cl)c1N. The van der Waals surface area contributed by atoms with Crippen LogP contribution in [0, 0.1) is 0 Å². The largest absolute Gasteiger partial charge is 0.396 e. The van der Waals surface area contributed by atoms with E-state index in [4.69, 9.17) is 22.1 Å². The number of benzene rings is 1. The molecular formula is C9H13ClN2O. The Labute approximate surface area is 82.8 Å². The lowest BCUT2D eigenvalue weighted by atomic mass is 10.2. The zero-order valence-corrected chi connectivity index (χ0v) is 8.27. The zero-order valence-electron chi connectivity index (χ0n) is 7.51. The first-order valence-corrected chi connectivity index (χ1v) is 4.40. The molecule has 1 aromatic rings.